The normalized spacial score (nSPS) is 11.3. The van der Waals surface area contributed by atoms with Crippen LogP contribution in [-0.2, 0) is 21.2 Å². The lowest BCUT2D eigenvalue weighted by molar-refractivity contribution is -0.115. The Morgan fingerprint density at radius 3 is 2.50 bits per heavy atom. The number of rotatable bonds is 7. The minimum Gasteiger partial charge on any atom is -0.326 e. The smallest absolute Gasteiger partial charge is 0.232 e. The van der Waals surface area contributed by atoms with Gasteiger partial charge in [0, 0.05) is 27.7 Å². The second-order valence-electron chi connectivity index (χ2n) is 5.46. The fraction of sp³-hybridized carbons (Fsp3) is 0.176. The van der Waals surface area contributed by atoms with Crippen molar-refractivity contribution in [3.8, 4) is 10.6 Å². The Balaban J connectivity index is 1.58. The molecule has 26 heavy (non-hydrogen) atoms. The number of nitrogens with zero attached hydrogens (tertiary/aromatic N) is 1. The molecule has 6 nitrogen and oxygen atoms in total. The summed E-state index contributed by atoms with van der Waals surface area (Å²) in [7, 11) is -3.31. The number of sulfonamides is 1. The molecule has 9 heteroatoms. The molecule has 0 atom stereocenters. The van der Waals surface area contributed by atoms with Crippen LogP contribution in [0.25, 0.3) is 10.6 Å². The van der Waals surface area contributed by atoms with Crippen molar-refractivity contribution >= 4 is 50.0 Å². The van der Waals surface area contributed by atoms with Crippen LogP contribution in [0.4, 0.5) is 11.4 Å². The average molecular weight is 408 g/mol. The molecule has 0 aliphatic carbocycles. The van der Waals surface area contributed by atoms with Crippen molar-refractivity contribution in [2.24, 2.45) is 0 Å². The van der Waals surface area contributed by atoms with Crippen molar-refractivity contribution in [2.45, 2.75) is 13.3 Å². The van der Waals surface area contributed by atoms with Crippen LogP contribution in [0.15, 0.2) is 46.5 Å². The van der Waals surface area contributed by atoms with E-state index in [-0.39, 0.29) is 18.1 Å². The first-order chi connectivity index (χ1) is 12.4. The third-order valence-corrected chi connectivity index (χ3v) is 6.41. The Kier molecular flexibility index (Phi) is 5.70. The molecule has 2 N–H and O–H groups in total. The van der Waals surface area contributed by atoms with Gasteiger partial charge < -0.3 is 5.32 Å². The van der Waals surface area contributed by atoms with Gasteiger partial charge in [0.15, 0.2) is 0 Å². The Morgan fingerprint density at radius 2 is 1.85 bits per heavy atom. The fourth-order valence-electron chi connectivity index (χ4n) is 2.15. The van der Waals surface area contributed by atoms with Crippen molar-refractivity contribution in [3.05, 3.63) is 52.2 Å². The first-order valence-electron chi connectivity index (χ1n) is 7.82. The maximum absolute atomic E-state index is 12.2. The number of aromatic nitrogens is 1. The summed E-state index contributed by atoms with van der Waals surface area (Å²) in [6.45, 7) is 1.57. The minimum atomic E-state index is -3.31. The van der Waals surface area contributed by atoms with Gasteiger partial charge in [-0.05, 0) is 42.6 Å². The van der Waals surface area contributed by atoms with Crippen LogP contribution >= 0.6 is 22.7 Å². The number of carbonyl (C=O) groups excluding carboxylic acids is 1. The SMILES string of the molecule is CCS(=O)(=O)Nc1ccc(NC(=O)Cc2csc(-c3ccsc3)n2)cc1. The fourth-order valence-corrected chi connectivity index (χ4v) is 4.32. The monoisotopic (exact) mass is 407 g/mol. The molecule has 0 radical (unpaired) electrons. The molecule has 0 saturated heterocycles. The number of benzene rings is 1. The van der Waals surface area contributed by atoms with Gasteiger partial charge in [0.2, 0.25) is 15.9 Å². The standard InChI is InChI=1S/C17H17N3O3S3/c1-2-26(22,23)20-14-5-3-13(4-6-14)18-16(21)9-15-11-25-17(19-15)12-7-8-24-10-12/h3-8,10-11,20H,2,9H2,1H3,(H,18,21). The Morgan fingerprint density at radius 1 is 1.12 bits per heavy atom. The number of nitrogens with one attached hydrogen (secondary N) is 2. The Bertz CT molecular complexity index is 978. The van der Waals surface area contributed by atoms with Crippen LogP contribution in [0, 0.1) is 0 Å². The zero-order valence-electron chi connectivity index (χ0n) is 13.9. The molecule has 1 amide bonds. The lowest BCUT2D eigenvalue weighted by atomic mass is 10.2. The number of thiazole rings is 1. The zero-order chi connectivity index (χ0) is 18.6. The van der Waals surface area contributed by atoms with E-state index in [9.17, 15) is 13.2 Å². The average Bonchev–Trinajstić information content (AvgIpc) is 3.28. The Labute approximate surface area is 160 Å². The van der Waals surface area contributed by atoms with Gasteiger partial charge in [-0.3, -0.25) is 9.52 Å². The molecule has 0 saturated carbocycles. The van der Waals surface area contributed by atoms with Gasteiger partial charge in [0.25, 0.3) is 0 Å². The van der Waals surface area contributed by atoms with Crippen LogP contribution in [0.2, 0.25) is 0 Å². The molecule has 0 aliphatic rings. The van der Waals surface area contributed by atoms with Crippen molar-refractivity contribution in [1.82, 2.24) is 4.98 Å². The van der Waals surface area contributed by atoms with E-state index < -0.39 is 10.0 Å². The second-order valence-corrected chi connectivity index (χ2v) is 9.11. The van der Waals surface area contributed by atoms with Crippen LogP contribution in [0.5, 0.6) is 0 Å². The second kappa shape index (κ2) is 7.98. The summed E-state index contributed by atoms with van der Waals surface area (Å²) in [6.07, 6.45) is 0.185. The van der Waals surface area contributed by atoms with Gasteiger partial charge in [0.05, 0.1) is 17.9 Å². The first kappa shape index (κ1) is 18.6. The zero-order valence-corrected chi connectivity index (χ0v) is 16.4. The summed E-state index contributed by atoms with van der Waals surface area (Å²) in [5.74, 6) is -0.166. The van der Waals surface area contributed by atoms with Crippen molar-refractivity contribution < 1.29 is 13.2 Å². The molecule has 0 fully saturated rings. The maximum atomic E-state index is 12.2. The van der Waals surface area contributed by atoms with Crippen LogP contribution in [0.1, 0.15) is 12.6 Å². The van der Waals surface area contributed by atoms with Gasteiger partial charge in [-0.2, -0.15) is 11.3 Å². The highest BCUT2D eigenvalue weighted by Crippen LogP contribution is 2.26. The lowest BCUT2D eigenvalue weighted by Gasteiger charge is -2.08. The third-order valence-electron chi connectivity index (χ3n) is 3.48. The number of amides is 1. The predicted octanol–water partition coefficient (Wildman–Crippen LogP) is 3.81. The molecular weight excluding hydrogens is 390 g/mol. The molecular formula is C17H17N3O3S3. The van der Waals surface area contributed by atoms with Crippen LogP contribution in [0.3, 0.4) is 0 Å². The van der Waals surface area contributed by atoms with E-state index in [4.69, 9.17) is 0 Å². The third kappa shape index (κ3) is 4.90. The van der Waals surface area contributed by atoms with Crippen LogP contribution < -0.4 is 10.0 Å². The summed E-state index contributed by atoms with van der Waals surface area (Å²) >= 11 is 3.13. The van der Waals surface area contributed by atoms with E-state index in [2.05, 4.69) is 15.0 Å². The Hall–Kier alpha value is -2.23. The molecule has 2 aromatic heterocycles. The number of anilines is 2. The molecule has 0 unspecified atom stereocenters. The first-order valence-corrected chi connectivity index (χ1v) is 11.3. The summed E-state index contributed by atoms with van der Waals surface area (Å²) in [5.41, 5.74) is 2.85. The number of hydrogen-bond donors (Lipinski definition) is 2. The molecule has 136 valence electrons. The molecule has 0 bridgehead atoms. The minimum absolute atomic E-state index is 0.00645. The van der Waals surface area contributed by atoms with Gasteiger partial charge >= 0.3 is 0 Å². The topological polar surface area (TPSA) is 88.2 Å². The lowest BCUT2D eigenvalue weighted by Crippen LogP contribution is -2.16. The van der Waals surface area contributed by atoms with E-state index in [1.807, 2.05) is 22.2 Å². The molecule has 1 aromatic carbocycles. The number of carbonyl (C=O) groups is 1. The number of hydrogen-bond acceptors (Lipinski definition) is 6. The molecule has 3 rings (SSSR count). The largest absolute Gasteiger partial charge is 0.326 e. The van der Waals surface area contributed by atoms with Gasteiger partial charge in [-0.1, -0.05) is 0 Å². The van der Waals surface area contributed by atoms with Crippen molar-refractivity contribution in [1.29, 1.82) is 0 Å². The van der Waals surface area contributed by atoms with E-state index in [0.29, 0.717) is 11.4 Å². The molecule has 0 aliphatic heterocycles. The highest BCUT2D eigenvalue weighted by Gasteiger charge is 2.10. The van der Waals surface area contributed by atoms with E-state index in [0.717, 1.165) is 16.3 Å². The summed E-state index contributed by atoms with van der Waals surface area (Å²) in [6, 6.07) is 8.54. The van der Waals surface area contributed by atoms with Gasteiger partial charge in [-0.15, -0.1) is 11.3 Å². The van der Waals surface area contributed by atoms with Crippen molar-refractivity contribution in [3.63, 3.8) is 0 Å². The van der Waals surface area contributed by atoms with Gasteiger partial charge in [0.1, 0.15) is 5.01 Å². The summed E-state index contributed by atoms with van der Waals surface area (Å²) in [4.78, 5) is 16.7. The molecule has 2 heterocycles. The quantitative estimate of drug-likeness (QED) is 0.623. The molecule has 3 aromatic rings. The highest BCUT2D eigenvalue weighted by molar-refractivity contribution is 7.92. The summed E-state index contributed by atoms with van der Waals surface area (Å²) < 4.78 is 25.5. The maximum Gasteiger partial charge on any atom is 0.232 e. The summed E-state index contributed by atoms with van der Waals surface area (Å²) in [5, 5.41) is 9.60. The van der Waals surface area contributed by atoms with E-state index >= 15 is 0 Å². The van der Waals surface area contributed by atoms with E-state index in [1.165, 1.54) is 11.3 Å². The van der Waals surface area contributed by atoms with E-state index in [1.54, 1.807) is 42.5 Å². The van der Waals surface area contributed by atoms with Gasteiger partial charge in [-0.25, -0.2) is 13.4 Å². The number of thiophene rings is 1. The van der Waals surface area contributed by atoms with Crippen LogP contribution in [-0.4, -0.2) is 25.1 Å². The predicted molar refractivity (Wildman–Crippen MR) is 107 cm³/mol. The molecule has 0 spiro atoms. The highest BCUT2D eigenvalue weighted by atomic mass is 32.2. The van der Waals surface area contributed by atoms with Crippen molar-refractivity contribution in [2.75, 3.05) is 15.8 Å².